The van der Waals surface area contributed by atoms with Gasteiger partial charge in [0.1, 0.15) is 12.2 Å². The van der Waals surface area contributed by atoms with E-state index < -0.39 is 11.4 Å². The predicted octanol–water partition coefficient (Wildman–Crippen LogP) is 1.87. The Labute approximate surface area is 96.2 Å². The zero-order valence-corrected chi connectivity index (χ0v) is 10.6. The Kier molecular flexibility index (Phi) is 2.55. The van der Waals surface area contributed by atoms with Gasteiger partial charge in [-0.3, -0.25) is 4.79 Å². The first-order valence-electron chi connectivity index (χ1n) is 5.88. The van der Waals surface area contributed by atoms with Gasteiger partial charge >= 0.3 is 5.97 Å². The van der Waals surface area contributed by atoms with Gasteiger partial charge in [-0.15, -0.1) is 0 Å². The van der Waals surface area contributed by atoms with E-state index >= 15 is 0 Å². The highest BCUT2D eigenvalue weighted by atomic mass is 16.7. The molecule has 16 heavy (non-hydrogen) atoms. The van der Waals surface area contributed by atoms with E-state index in [1.54, 1.807) is 0 Å². The first-order valence-corrected chi connectivity index (χ1v) is 5.88. The van der Waals surface area contributed by atoms with Crippen LogP contribution in [-0.2, 0) is 19.0 Å². The summed E-state index contributed by atoms with van der Waals surface area (Å²) in [5, 5.41) is 0. The van der Waals surface area contributed by atoms with Gasteiger partial charge in [-0.05, 0) is 34.1 Å². The molecular weight excluding hydrogens is 208 g/mol. The van der Waals surface area contributed by atoms with E-state index in [4.69, 9.17) is 14.2 Å². The van der Waals surface area contributed by atoms with Crippen LogP contribution in [-0.4, -0.2) is 29.6 Å². The standard InChI is InChI=1S/C12H20O4/c1-6-8-12(5)9(7(2)10(13)16-12)15-11(3,4)14-8/h7-9H,6H2,1-5H3/t7-,8-,9?,12-/m1/s1. The van der Waals surface area contributed by atoms with Crippen molar-refractivity contribution in [3.05, 3.63) is 0 Å². The monoisotopic (exact) mass is 228 g/mol. The third-order valence-corrected chi connectivity index (χ3v) is 3.56. The topological polar surface area (TPSA) is 44.8 Å². The molecule has 4 atom stereocenters. The summed E-state index contributed by atoms with van der Waals surface area (Å²) in [6.07, 6.45) is 0.489. The largest absolute Gasteiger partial charge is 0.453 e. The second-order valence-corrected chi connectivity index (χ2v) is 5.35. The van der Waals surface area contributed by atoms with Crippen LogP contribution in [0.4, 0.5) is 0 Å². The van der Waals surface area contributed by atoms with Gasteiger partial charge in [-0.25, -0.2) is 0 Å². The molecule has 0 bridgehead atoms. The first kappa shape index (κ1) is 11.9. The Bertz CT molecular complexity index is 312. The molecule has 0 saturated carbocycles. The third-order valence-electron chi connectivity index (χ3n) is 3.56. The predicted molar refractivity (Wildman–Crippen MR) is 57.8 cm³/mol. The van der Waals surface area contributed by atoms with Crippen molar-refractivity contribution in [2.45, 2.75) is 64.6 Å². The summed E-state index contributed by atoms with van der Waals surface area (Å²) < 4.78 is 17.2. The molecule has 2 saturated heterocycles. The summed E-state index contributed by atoms with van der Waals surface area (Å²) in [4.78, 5) is 11.7. The quantitative estimate of drug-likeness (QED) is 0.643. The van der Waals surface area contributed by atoms with Crippen LogP contribution in [0.1, 0.15) is 41.0 Å². The fourth-order valence-corrected chi connectivity index (χ4v) is 2.74. The van der Waals surface area contributed by atoms with Crippen molar-refractivity contribution in [3.8, 4) is 0 Å². The Morgan fingerprint density at radius 2 is 1.88 bits per heavy atom. The molecule has 0 aromatic carbocycles. The highest BCUT2D eigenvalue weighted by Crippen LogP contribution is 2.45. The maximum absolute atomic E-state index is 11.7. The zero-order valence-electron chi connectivity index (χ0n) is 10.6. The fourth-order valence-electron chi connectivity index (χ4n) is 2.74. The fraction of sp³-hybridized carbons (Fsp3) is 0.917. The minimum Gasteiger partial charge on any atom is -0.453 e. The number of hydrogen-bond acceptors (Lipinski definition) is 4. The van der Waals surface area contributed by atoms with Crippen LogP contribution >= 0.6 is 0 Å². The molecule has 2 fully saturated rings. The Hall–Kier alpha value is -0.610. The van der Waals surface area contributed by atoms with Crippen molar-refractivity contribution in [3.63, 3.8) is 0 Å². The lowest BCUT2D eigenvalue weighted by molar-refractivity contribution is -0.349. The van der Waals surface area contributed by atoms with Crippen LogP contribution in [0.15, 0.2) is 0 Å². The maximum atomic E-state index is 11.7. The van der Waals surface area contributed by atoms with Crippen LogP contribution < -0.4 is 0 Å². The van der Waals surface area contributed by atoms with Gasteiger partial charge in [0.15, 0.2) is 11.4 Å². The van der Waals surface area contributed by atoms with E-state index in [2.05, 4.69) is 0 Å². The number of fused-ring (bicyclic) bond motifs is 1. The molecule has 4 heteroatoms. The normalized spacial score (nSPS) is 46.3. The minimum atomic E-state index is -0.646. The smallest absolute Gasteiger partial charge is 0.312 e. The van der Waals surface area contributed by atoms with Crippen LogP contribution in [0.5, 0.6) is 0 Å². The van der Waals surface area contributed by atoms with Crippen LogP contribution in [0, 0.1) is 5.92 Å². The van der Waals surface area contributed by atoms with E-state index in [9.17, 15) is 4.79 Å². The van der Waals surface area contributed by atoms with Gasteiger partial charge in [0, 0.05) is 0 Å². The Morgan fingerprint density at radius 3 is 2.44 bits per heavy atom. The lowest BCUT2D eigenvalue weighted by Gasteiger charge is -2.48. The molecule has 2 aliphatic heterocycles. The Morgan fingerprint density at radius 1 is 1.25 bits per heavy atom. The number of esters is 1. The van der Waals surface area contributed by atoms with Crippen LogP contribution in [0.3, 0.4) is 0 Å². The highest BCUT2D eigenvalue weighted by molar-refractivity contribution is 5.76. The molecule has 0 spiro atoms. The van der Waals surface area contributed by atoms with Gasteiger partial charge in [-0.2, -0.15) is 0 Å². The van der Waals surface area contributed by atoms with Crippen molar-refractivity contribution in [1.82, 2.24) is 0 Å². The summed E-state index contributed by atoms with van der Waals surface area (Å²) in [6.45, 7) is 9.55. The van der Waals surface area contributed by atoms with E-state index in [1.165, 1.54) is 0 Å². The van der Waals surface area contributed by atoms with Crippen molar-refractivity contribution in [1.29, 1.82) is 0 Å². The van der Waals surface area contributed by atoms with Gasteiger partial charge in [0.05, 0.1) is 5.92 Å². The maximum Gasteiger partial charge on any atom is 0.312 e. The molecule has 0 N–H and O–H groups in total. The minimum absolute atomic E-state index is 0.102. The molecule has 2 rings (SSSR count). The third kappa shape index (κ3) is 1.55. The number of ether oxygens (including phenoxy) is 3. The summed E-state index contributed by atoms with van der Waals surface area (Å²) in [5.74, 6) is -1.05. The van der Waals surface area contributed by atoms with E-state index in [-0.39, 0.29) is 24.1 Å². The zero-order chi connectivity index (χ0) is 12.1. The summed E-state index contributed by atoms with van der Waals surface area (Å²) in [5.41, 5.74) is -0.638. The van der Waals surface area contributed by atoms with Crippen molar-refractivity contribution >= 4 is 5.97 Å². The molecular formula is C12H20O4. The molecule has 0 radical (unpaired) electrons. The van der Waals surface area contributed by atoms with Gasteiger partial charge < -0.3 is 14.2 Å². The summed E-state index contributed by atoms with van der Waals surface area (Å²) in [6, 6.07) is 0. The molecule has 0 aromatic rings. The summed E-state index contributed by atoms with van der Waals surface area (Å²) in [7, 11) is 0. The lowest BCUT2D eigenvalue weighted by Crippen LogP contribution is -2.60. The Balaban J connectivity index is 2.34. The molecule has 0 aromatic heterocycles. The van der Waals surface area contributed by atoms with E-state index in [0.29, 0.717) is 0 Å². The molecule has 4 nitrogen and oxygen atoms in total. The molecule has 1 unspecified atom stereocenters. The second kappa shape index (κ2) is 3.44. The van der Waals surface area contributed by atoms with Crippen molar-refractivity contribution in [2.75, 3.05) is 0 Å². The number of hydrogen-bond donors (Lipinski definition) is 0. The van der Waals surface area contributed by atoms with E-state index in [0.717, 1.165) is 6.42 Å². The summed E-state index contributed by atoms with van der Waals surface area (Å²) >= 11 is 0. The number of carbonyl (C=O) groups excluding carboxylic acids is 1. The molecule has 92 valence electrons. The van der Waals surface area contributed by atoms with Crippen molar-refractivity contribution in [2.24, 2.45) is 5.92 Å². The molecule has 2 heterocycles. The van der Waals surface area contributed by atoms with Crippen LogP contribution in [0.25, 0.3) is 0 Å². The van der Waals surface area contributed by atoms with E-state index in [1.807, 2.05) is 34.6 Å². The van der Waals surface area contributed by atoms with Crippen molar-refractivity contribution < 1.29 is 19.0 Å². The molecule has 2 aliphatic rings. The van der Waals surface area contributed by atoms with Gasteiger partial charge in [0.25, 0.3) is 0 Å². The average Bonchev–Trinajstić information content (AvgIpc) is 2.39. The number of rotatable bonds is 1. The van der Waals surface area contributed by atoms with Gasteiger partial charge in [-0.1, -0.05) is 6.92 Å². The van der Waals surface area contributed by atoms with Gasteiger partial charge in [0.2, 0.25) is 0 Å². The highest BCUT2D eigenvalue weighted by Gasteiger charge is 2.61. The lowest BCUT2D eigenvalue weighted by atomic mass is 9.85. The average molecular weight is 228 g/mol. The first-order chi connectivity index (χ1) is 7.30. The second-order valence-electron chi connectivity index (χ2n) is 5.35. The molecule has 0 amide bonds. The SMILES string of the molecule is CC[C@H]1OC(C)(C)OC2[C@@H](C)C(=O)O[C@@]21C. The van der Waals surface area contributed by atoms with Crippen LogP contribution in [0.2, 0.25) is 0 Å². The molecule has 0 aliphatic carbocycles. The number of carbonyl (C=O) groups is 1.